The summed E-state index contributed by atoms with van der Waals surface area (Å²) in [4.78, 5) is 11.0. The topological polar surface area (TPSA) is 46.4 Å². The fourth-order valence-corrected chi connectivity index (χ4v) is 4.17. The smallest absolute Gasteiger partial charge is 0.156 e. The number of nitrogens with zero attached hydrogens (tertiary/aromatic N) is 2. The minimum absolute atomic E-state index is 0.208. The molecule has 0 saturated heterocycles. The van der Waals surface area contributed by atoms with Gasteiger partial charge in [-0.3, -0.25) is 4.39 Å². The molecule has 0 spiro atoms. The van der Waals surface area contributed by atoms with E-state index >= 15 is 4.39 Å². The summed E-state index contributed by atoms with van der Waals surface area (Å²) in [5.74, 6) is -0.347. The molecule has 0 bridgehead atoms. The SMILES string of the molecule is Cc1ccccc1-c1c(F)c2cc(N=O)ccc2n1Cc1ccc(CCNCCCF)cc1. The Hall–Kier alpha value is -3.38. The highest BCUT2D eigenvalue weighted by molar-refractivity contribution is 5.90. The highest BCUT2D eigenvalue weighted by atomic mass is 19.1. The molecule has 1 N–H and O–H groups in total. The lowest BCUT2D eigenvalue weighted by Crippen LogP contribution is -2.18. The summed E-state index contributed by atoms with van der Waals surface area (Å²) in [6, 6.07) is 20.9. The molecular formula is C27H27F2N3O. The number of hydrogen-bond donors (Lipinski definition) is 1. The average Bonchev–Trinajstić information content (AvgIpc) is 3.11. The summed E-state index contributed by atoms with van der Waals surface area (Å²) in [7, 11) is 0. The van der Waals surface area contributed by atoms with Crippen molar-refractivity contribution >= 4 is 16.6 Å². The van der Waals surface area contributed by atoms with Gasteiger partial charge < -0.3 is 9.88 Å². The third-order valence-electron chi connectivity index (χ3n) is 5.93. The summed E-state index contributed by atoms with van der Waals surface area (Å²) >= 11 is 0. The lowest BCUT2D eigenvalue weighted by atomic mass is 10.0. The van der Waals surface area contributed by atoms with Crippen LogP contribution in [0.15, 0.2) is 71.9 Å². The zero-order valence-corrected chi connectivity index (χ0v) is 18.7. The molecule has 6 heteroatoms. The van der Waals surface area contributed by atoms with Crippen molar-refractivity contribution in [3.63, 3.8) is 0 Å². The lowest BCUT2D eigenvalue weighted by Gasteiger charge is -2.13. The first kappa shape index (κ1) is 22.8. The molecule has 3 aromatic carbocycles. The highest BCUT2D eigenvalue weighted by Gasteiger charge is 2.20. The van der Waals surface area contributed by atoms with Crippen LogP contribution in [0.5, 0.6) is 0 Å². The molecule has 0 unspecified atom stereocenters. The molecule has 1 heterocycles. The number of rotatable bonds is 10. The Morgan fingerprint density at radius 3 is 2.45 bits per heavy atom. The van der Waals surface area contributed by atoms with Gasteiger partial charge in [-0.25, -0.2) is 4.39 Å². The monoisotopic (exact) mass is 447 g/mol. The maximum Gasteiger partial charge on any atom is 0.156 e. The fraction of sp³-hybridized carbons (Fsp3) is 0.259. The summed E-state index contributed by atoms with van der Waals surface area (Å²) in [5, 5.41) is 6.60. The predicted molar refractivity (Wildman–Crippen MR) is 130 cm³/mol. The van der Waals surface area contributed by atoms with E-state index < -0.39 is 0 Å². The number of fused-ring (bicyclic) bond motifs is 1. The predicted octanol–water partition coefficient (Wildman–Crippen LogP) is 6.69. The maximum absolute atomic E-state index is 15.7. The Kier molecular flexibility index (Phi) is 7.25. The number of aromatic nitrogens is 1. The fourth-order valence-electron chi connectivity index (χ4n) is 4.17. The third-order valence-corrected chi connectivity index (χ3v) is 5.93. The molecule has 4 aromatic rings. The lowest BCUT2D eigenvalue weighted by molar-refractivity contribution is 0.460. The van der Waals surface area contributed by atoms with Crippen molar-refractivity contribution in [1.29, 1.82) is 0 Å². The van der Waals surface area contributed by atoms with Crippen LogP contribution in [0.4, 0.5) is 14.5 Å². The van der Waals surface area contributed by atoms with E-state index in [0.717, 1.165) is 35.2 Å². The van der Waals surface area contributed by atoms with Gasteiger partial charge in [0.15, 0.2) is 5.82 Å². The molecule has 0 atom stereocenters. The summed E-state index contributed by atoms with van der Waals surface area (Å²) in [5.41, 5.74) is 5.47. The number of benzene rings is 3. The second-order valence-corrected chi connectivity index (χ2v) is 8.22. The Morgan fingerprint density at radius 2 is 1.73 bits per heavy atom. The van der Waals surface area contributed by atoms with Crippen LogP contribution in [0.2, 0.25) is 0 Å². The molecule has 1 aromatic heterocycles. The van der Waals surface area contributed by atoms with Crippen molar-refractivity contribution in [2.24, 2.45) is 5.18 Å². The van der Waals surface area contributed by atoms with E-state index in [4.69, 9.17) is 0 Å². The van der Waals surface area contributed by atoms with Crippen LogP contribution in [0.25, 0.3) is 22.2 Å². The molecule has 170 valence electrons. The Labute approximate surface area is 192 Å². The summed E-state index contributed by atoms with van der Waals surface area (Å²) < 4.78 is 29.8. The van der Waals surface area contributed by atoms with E-state index in [-0.39, 0.29) is 18.2 Å². The molecular weight excluding hydrogens is 420 g/mol. The second-order valence-electron chi connectivity index (χ2n) is 8.22. The van der Waals surface area contributed by atoms with Gasteiger partial charge in [-0.15, -0.1) is 4.91 Å². The largest absolute Gasteiger partial charge is 0.333 e. The van der Waals surface area contributed by atoms with E-state index in [1.165, 1.54) is 11.6 Å². The molecule has 0 aliphatic rings. The second kappa shape index (κ2) is 10.5. The first-order chi connectivity index (χ1) is 16.1. The molecule has 33 heavy (non-hydrogen) atoms. The van der Waals surface area contributed by atoms with Crippen molar-refractivity contribution in [3.05, 3.63) is 94.1 Å². The van der Waals surface area contributed by atoms with Gasteiger partial charge in [-0.2, -0.15) is 0 Å². The Bertz CT molecular complexity index is 1250. The van der Waals surface area contributed by atoms with E-state index in [1.807, 2.05) is 35.8 Å². The maximum atomic E-state index is 15.7. The molecule has 0 aliphatic heterocycles. The van der Waals surface area contributed by atoms with Crippen LogP contribution in [0.1, 0.15) is 23.1 Å². The van der Waals surface area contributed by atoms with Crippen molar-refractivity contribution in [2.45, 2.75) is 26.3 Å². The van der Waals surface area contributed by atoms with Crippen LogP contribution < -0.4 is 5.32 Å². The van der Waals surface area contributed by atoms with Crippen molar-refractivity contribution in [2.75, 3.05) is 19.8 Å². The number of aryl methyl sites for hydroxylation is 1. The van der Waals surface area contributed by atoms with Crippen molar-refractivity contribution < 1.29 is 8.78 Å². The molecule has 0 aliphatic carbocycles. The molecule has 0 fully saturated rings. The van der Waals surface area contributed by atoms with E-state index in [1.54, 1.807) is 12.1 Å². The number of nitroso groups, excluding NO2 is 1. The molecule has 4 nitrogen and oxygen atoms in total. The van der Waals surface area contributed by atoms with Gasteiger partial charge in [-0.05, 0) is 72.9 Å². The average molecular weight is 448 g/mol. The van der Waals surface area contributed by atoms with Crippen LogP contribution in [0, 0.1) is 17.6 Å². The minimum atomic E-state index is -0.347. The zero-order valence-electron chi connectivity index (χ0n) is 18.7. The number of alkyl halides is 1. The first-order valence-corrected chi connectivity index (χ1v) is 11.2. The van der Waals surface area contributed by atoms with Gasteiger partial charge in [-0.1, -0.05) is 48.5 Å². The van der Waals surface area contributed by atoms with Crippen LogP contribution >= 0.6 is 0 Å². The van der Waals surface area contributed by atoms with E-state index in [2.05, 4.69) is 34.8 Å². The van der Waals surface area contributed by atoms with Gasteiger partial charge >= 0.3 is 0 Å². The normalized spacial score (nSPS) is 11.2. The molecule has 0 amide bonds. The number of hydrogen-bond acceptors (Lipinski definition) is 3. The highest BCUT2D eigenvalue weighted by Crippen LogP contribution is 2.36. The van der Waals surface area contributed by atoms with E-state index in [0.29, 0.717) is 30.6 Å². The quantitative estimate of drug-likeness (QED) is 0.217. The van der Waals surface area contributed by atoms with Gasteiger partial charge in [0.05, 0.1) is 17.9 Å². The molecule has 0 saturated carbocycles. The molecule has 4 rings (SSSR count). The standard InChI is InChI=1S/C27H27F2N3O/c1-19-5-2-3-6-23(19)27-26(29)24-17-22(31-33)11-12-25(24)32(27)18-21-9-7-20(8-10-21)13-16-30-15-4-14-28/h2-3,5-12,17,30H,4,13-16,18H2,1H3. The van der Waals surface area contributed by atoms with Gasteiger partial charge in [0.1, 0.15) is 5.69 Å². The Morgan fingerprint density at radius 1 is 0.970 bits per heavy atom. The Balaban J connectivity index is 1.66. The summed E-state index contributed by atoms with van der Waals surface area (Å²) in [6.07, 6.45) is 1.40. The third kappa shape index (κ3) is 5.01. The zero-order chi connectivity index (χ0) is 23.2. The van der Waals surface area contributed by atoms with Gasteiger partial charge in [0.25, 0.3) is 0 Å². The minimum Gasteiger partial charge on any atom is -0.333 e. The van der Waals surface area contributed by atoms with E-state index in [9.17, 15) is 9.30 Å². The van der Waals surface area contributed by atoms with Crippen molar-refractivity contribution in [1.82, 2.24) is 9.88 Å². The van der Waals surface area contributed by atoms with Crippen molar-refractivity contribution in [3.8, 4) is 11.3 Å². The van der Waals surface area contributed by atoms with Gasteiger partial charge in [0.2, 0.25) is 0 Å². The van der Waals surface area contributed by atoms with Crippen LogP contribution in [0.3, 0.4) is 0 Å². The first-order valence-electron chi connectivity index (χ1n) is 11.2. The number of nitrogens with one attached hydrogen (secondary N) is 1. The number of halogens is 2. The van der Waals surface area contributed by atoms with Crippen LogP contribution in [-0.2, 0) is 13.0 Å². The van der Waals surface area contributed by atoms with Crippen LogP contribution in [-0.4, -0.2) is 24.3 Å². The summed E-state index contributed by atoms with van der Waals surface area (Å²) in [6.45, 7) is 3.65. The molecule has 0 radical (unpaired) electrons. The van der Waals surface area contributed by atoms with Gasteiger partial charge in [0, 0.05) is 17.5 Å².